The van der Waals surface area contributed by atoms with Crippen LogP contribution in [0.5, 0.6) is 0 Å². The summed E-state index contributed by atoms with van der Waals surface area (Å²) in [5.74, 6) is -2.79. The molecule has 5 atom stereocenters. The number of alkyl carbamates (subject to hydrolysis) is 1. The molecule has 0 unspecified atom stereocenters. The molecule has 1 saturated heterocycles. The number of carbonyl (C=O) groups is 5. The molecule has 4 heterocycles. The van der Waals surface area contributed by atoms with Crippen LogP contribution in [0.3, 0.4) is 0 Å². The first-order chi connectivity index (χ1) is 25.5. The third-order valence-electron chi connectivity index (χ3n) is 9.83. The lowest BCUT2D eigenvalue weighted by Crippen LogP contribution is -2.58. The molecule has 2 aromatic rings. The Kier molecular flexibility index (Phi) is 11.6. The Morgan fingerprint density at radius 2 is 1.83 bits per heavy atom. The van der Waals surface area contributed by atoms with Gasteiger partial charge in [-0.2, -0.15) is 0 Å². The first kappa shape index (κ1) is 39.8. The maximum atomic E-state index is 14.4. The maximum absolute atomic E-state index is 14.4. The van der Waals surface area contributed by atoms with E-state index in [1.54, 1.807) is 39.0 Å². The van der Waals surface area contributed by atoms with Crippen LogP contribution in [0.25, 0.3) is 0 Å². The van der Waals surface area contributed by atoms with E-state index in [1.165, 1.54) is 21.9 Å². The van der Waals surface area contributed by atoms with Crippen molar-refractivity contribution in [2.75, 3.05) is 6.54 Å². The topological polar surface area (TPSA) is 181 Å². The lowest BCUT2D eigenvalue weighted by Gasteiger charge is -2.30. The van der Waals surface area contributed by atoms with Crippen LogP contribution in [0.4, 0.5) is 9.59 Å². The first-order valence-corrected chi connectivity index (χ1v) is 20.8. The molecule has 1 aromatic heterocycles. The molecule has 5 amide bonds. The SMILES string of the molecule is CC(C)(C)OC(=O)N[C@H]1CCCCC/C=C\[C@H]2C[C@@]2(C(=O)NS(=O)(=O)c2ccc(Cl)s2)NC(=O)[C@@H]2C[C@@H](OC(=O)N3Cc4cccc(Cl)c4C3)CN2C1=O. The Morgan fingerprint density at radius 1 is 1.06 bits per heavy atom. The minimum atomic E-state index is -4.32. The Hall–Kier alpha value is -3.86. The average molecular weight is 825 g/mol. The van der Waals surface area contributed by atoms with Crippen molar-refractivity contribution in [1.82, 2.24) is 25.2 Å². The highest BCUT2D eigenvalue weighted by molar-refractivity contribution is 7.92. The van der Waals surface area contributed by atoms with Crippen molar-refractivity contribution in [2.24, 2.45) is 5.92 Å². The minimum absolute atomic E-state index is 0.113. The average Bonchev–Trinajstić information content (AvgIpc) is 3.46. The zero-order valence-corrected chi connectivity index (χ0v) is 33.2. The van der Waals surface area contributed by atoms with E-state index < -0.39 is 75.2 Å². The van der Waals surface area contributed by atoms with Gasteiger partial charge in [-0.15, -0.1) is 11.3 Å². The van der Waals surface area contributed by atoms with E-state index >= 15 is 0 Å². The number of hydrogen-bond acceptors (Lipinski definition) is 10. The summed E-state index contributed by atoms with van der Waals surface area (Å²) < 4.78 is 39.8. The van der Waals surface area contributed by atoms with Crippen molar-refractivity contribution < 1.29 is 41.9 Å². The summed E-state index contributed by atoms with van der Waals surface area (Å²) in [6.07, 6.45) is 4.21. The van der Waals surface area contributed by atoms with Crippen LogP contribution in [0, 0.1) is 5.92 Å². The molecule has 292 valence electrons. The number of rotatable bonds is 5. The van der Waals surface area contributed by atoms with Crippen molar-refractivity contribution in [2.45, 2.75) is 112 Å². The van der Waals surface area contributed by atoms with Crippen LogP contribution >= 0.6 is 34.5 Å². The van der Waals surface area contributed by atoms with E-state index in [0.717, 1.165) is 28.9 Å². The van der Waals surface area contributed by atoms with Crippen LogP contribution in [0.2, 0.25) is 9.36 Å². The van der Waals surface area contributed by atoms with Gasteiger partial charge in [0.1, 0.15) is 33.5 Å². The Morgan fingerprint density at radius 3 is 2.54 bits per heavy atom. The second-order valence-corrected chi connectivity index (χ2v) is 19.0. The van der Waals surface area contributed by atoms with E-state index in [4.69, 9.17) is 32.7 Å². The zero-order chi connectivity index (χ0) is 39.0. The van der Waals surface area contributed by atoms with E-state index in [2.05, 4.69) is 15.4 Å². The van der Waals surface area contributed by atoms with Crippen molar-refractivity contribution in [1.29, 1.82) is 0 Å². The predicted molar refractivity (Wildman–Crippen MR) is 200 cm³/mol. The van der Waals surface area contributed by atoms with Crippen molar-refractivity contribution >= 4 is 74.5 Å². The number of nitrogens with zero attached hydrogens (tertiary/aromatic N) is 2. The summed E-state index contributed by atoms with van der Waals surface area (Å²) in [5, 5.41) is 5.99. The van der Waals surface area contributed by atoms with Gasteiger partial charge in [0.15, 0.2) is 0 Å². The number of ether oxygens (including phenoxy) is 2. The molecule has 0 radical (unpaired) electrons. The predicted octanol–water partition coefficient (Wildman–Crippen LogP) is 5.27. The summed E-state index contributed by atoms with van der Waals surface area (Å²) in [4.78, 5) is 71.6. The molecule has 18 heteroatoms. The Balaban J connectivity index is 1.26. The van der Waals surface area contributed by atoms with E-state index in [1.807, 2.05) is 12.1 Å². The maximum Gasteiger partial charge on any atom is 0.410 e. The number of benzene rings is 1. The molecule has 0 spiro atoms. The van der Waals surface area contributed by atoms with Gasteiger partial charge in [0.2, 0.25) is 11.8 Å². The van der Waals surface area contributed by atoms with Gasteiger partial charge >= 0.3 is 12.2 Å². The zero-order valence-electron chi connectivity index (χ0n) is 30.1. The molecular weight excluding hydrogens is 781 g/mol. The molecule has 4 aliphatic rings. The van der Waals surface area contributed by atoms with Gasteiger partial charge in [0.25, 0.3) is 15.9 Å². The molecular formula is C36H43Cl2N5O9S2. The molecule has 54 heavy (non-hydrogen) atoms. The monoisotopic (exact) mass is 823 g/mol. The molecule has 6 rings (SSSR count). The Labute approximate surface area is 327 Å². The number of nitrogens with one attached hydrogen (secondary N) is 3. The van der Waals surface area contributed by atoms with Crippen LogP contribution in [-0.4, -0.2) is 84.0 Å². The summed E-state index contributed by atoms with van der Waals surface area (Å²) in [6.45, 7) is 5.41. The highest BCUT2D eigenvalue weighted by Crippen LogP contribution is 2.46. The van der Waals surface area contributed by atoms with Crippen LogP contribution < -0.4 is 15.4 Å². The first-order valence-electron chi connectivity index (χ1n) is 17.8. The fourth-order valence-corrected chi connectivity index (χ4v) is 9.82. The highest BCUT2D eigenvalue weighted by Gasteiger charge is 2.62. The molecule has 1 saturated carbocycles. The molecule has 3 N–H and O–H groups in total. The normalized spacial score (nSPS) is 26.6. The van der Waals surface area contributed by atoms with Gasteiger partial charge in [-0.25, -0.2) is 22.7 Å². The van der Waals surface area contributed by atoms with E-state index in [0.29, 0.717) is 24.3 Å². The van der Waals surface area contributed by atoms with Crippen LogP contribution in [0.15, 0.2) is 46.7 Å². The number of fused-ring (bicyclic) bond motifs is 3. The van der Waals surface area contributed by atoms with Gasteiger partial charge in [0, 0.05) is 23.9 Å². The summed E-state index contributed by atoms with van der Waals surface area (Å²) >= 11 is 13.1. The number of carbonyl (C=O) groups excluding carboxylic acids is 5. The molecule has 3 aliphatic heterocycles. The van der Waals surface area contributed by atoms with Crippen LogP contribution in [-0.2, 0) is 47.0 Å². The van der Waals surface area contributed by atoms with Gasteiger partial charge in [-0.3, -0.25) is 19.3 Å². The van der Waals surface area contributed by atoms with Gasteiger partial charge < -0.3 is 25.0 Å². The Bertz CT molecular complexity index is 1970. The largest absolute Gasteiger partial charge is 0.444 e. The van der Waals surface area contributed by atoms with Crippen LogP contribution in [0.1, 0.15) is 76.8 Å². The fourth-order valence-electron chi connectivity index (χ4n) is 7.05. The molecule has 0 bridgehead atoms. The summed E-state index contributed by atoms with van der Waals surface area (Å²) in [7, 11) is -4.32. The van der Waals surface area contributed by atoms with E-state index in [-0.39, 0.29) is 47.4 Å². The number of hydrogen-bond donors (Lipinski definition) is 3. The smallest absolute Gasteiger partial charge is 0.410 e. The quantitative estimate of drug-likeness (QED) is 0.339. The van der Waals surface area contributed by atoms with Gasteiger partial charge in [-0.1, -0.05) is 60.3 Å². The third-order valence-corrected chi connectivity index (χ3v) is 13.2. The number of amides is 5. The van der Waals surface area contributed by atoms with Crippen molar-refractivity contribution in [3.63, 3.8) is 0 Å². The summed E-state index contributed by atoms with van der Waals surface area (Å²) in [6, 6.07) is 5.77. The standard InChI is InChI=1S/C36H43Cl2N5O9S2/c1-35(2,3)52-33(47)39-26-13-8-6-4-5-7-11-22-17-36(22,32(46)41-54(49,50)29-15-14-28(38)53-29)40-30(44)27-16-23(19-43(27)31(26)45)51-34(48)42-18-21-10-9-12-25(37)24(21)20-42/h7,9-12,14-15,22-23,26-27H,4-6,8,13,16-20H2,1-3H3,(H,39,47)(H,40,44)(H,41,46)/b11-7-/t22-,23+,26-,27-,36+/m0/s1. The van der Waals surface area contributed by atoms with Crippen molar-refractivity contribution in [3.8, 4) is 0 Å². The molecule has 14 nitrogen and oxygen atoms in total. The van der Waals surface area contributed by atoms with E-state index in [9.17, 15) is 32.4 Å². The summed E-state index contributed by atoms with van der Waals surface area (Å²) in [5.41, 5.74) is -0.792. The van der Waals surface area contributed by atoms with Gasteiger partial charge in [-0.05, 0) is 75.8 Å². The van der Waals surface area contributed by atoms with Gasteiger partial charge in [0.05, 0.1) is 17.4 Å². The lowest BCUT2D eigenvalue weighted by atomic mass is 10.0. The number of thiophene rings is 1. The number of allylic oxidation sites excluding steroid dienone is 1. The number of sulfonamides is 1. The fraction of sp³-hybridized carbons (Fsp3) is 0.528. The second-order valence-electron chi connectivity index (χ2n) is 15.0. The lowest BCUT2D eigenvalue weighted by molar-refractivity contribution is -0.141. The second kappa shape index (κ2) is 15.7. The third kappa shape index (κ3) is 8.98. The molecule has 2 fully saturated rings. The molecule has 1 aliphatic carbocycles. The number of halogens is 2. The van der Waals surface area contributed by atoms with Crippen molar-refractivity contribution in [3.05, 3.63) is 63.0 Å². The molecule has 1 aromatic carbocycles. The highest BCUT2D eigenvalue weighted by atomic mass is 35.5. The minimum Gasteiger partial charge on any atom is -0.444 e.